The van der Waals surface area contributed by atoms with Crippen LogP contribution in [0.15, 0.2) is 53.6 Å². The number of hydrogen-bond donors (Lipinski definition) is 2. The summed E-state index contributed by atoms with van der Waals surface area (Å²) >= 11 is 0. The van der Waals surface area contributed by atoms with Crippen LogP contribution >= 0.6 is 0 Å². The molecule has 2 amide bonds. The van der Waals surface area contributed by atoms with Gasteiger partial charge in [0.15, 0.2) is 11.5 Å². The van der Waals surface area contributed by atoms with Crippen LogP contribution in [0.1, 0.15) is 22.8 Å². The number of nitrogens with one attached hydrogen (secondary N) is 1. The quantitative estimate of drug-likeness (QED) is 0.368. The first-order valence-electron chi connectivity index (χ1n) is 7.22. The Balaban J connectivity index is 2.18. The van der Waals surface area contributed by atoms with Gasteiger partial charge in [0, 0.05) is 0 Å². The van der Waals surface area contributed by atoms with E-state index in [-0.39, 0.29) is 0 Å². The number of hydrazone groups is 1. The Hall–Kier alpha value is -3.35. The number of nitrogens with zero attached hydrogens (tertiary/aromatic N) is 1. The first-order chi connectivity index (χ1) is 11.6. The summed E-state index contributed by atoms with van der Waals surface area (Å²) in [5, 5.41) is 3.67. The molecule has 0 aromatic heterocycles. The summed E-state index contributed by atoms with van der Waals surface area (Å²) < 4.78 is 10.9. The van der Waals surface area contributed by atoms with E-state index in [1.807, 2.05) is 13.0 Å². The normalized spacial score (nSPS) is 10.4. The van der Waals surface area contributed by atoms with Gasteiger partial charge in [-0.3, -0.25) is 0 Å². The molecule has 0 aliphatic carbocycles. The number of carbonyl (C=O) groups is 2. The lowest BCUT2D eigenvalue weighted by Gasteiger charge is -2.11. The number of benzene rings is 2. The molecular formula is C17H17N3O4. The van der Waals surface area contributed by atoms with Crippen molar-refractivity contribution in [2.24, 2.45) is 10.8 Å². The van der Waals surface area contributed by atoms with E-state index < -0.39 is 12.0 Å². The number of carbonyl (C=O) groups excluding carboxylic acids is 2. The van der Waals surface area contributed by atoms with Crippen LogP contribution < -0.4 is 20.6 Å². The van der Waals surface area contributed by atoms with Crippen LogP contribution in [0.2, 0.25) is 0 Å². The molecule has 7 heteroatoms. The van der Waals surface area contributed by atoms with Gasteiger partial charge in [0.25, 0.3) is 0 Å². The first-order valence-corrected chi connectivity index (χ1v) is 7.22. The first kappa shape index (κ1) is 17.0. The second-order valence-corrected chi connectivity index (χ2v) is 4.63. The maximum Gasteiger partial charge on any atom is 0.343 e. The third kappa shape index (κ3) is 4.84. The van der Waals surface area contributed by atoms with E-state index in [0.717, 1.165) is 0 Å². The minimum atomic E-state index is -0.760. The van der Waals surface area contributed by atoms with Gasteiger partial charge in [-0.25, -0.2) is 15.0 Å². The molecule has 0 saturated carbocycles. The van der Waals surface area contributed by atoms with Crippen LogP contribution in [0, 0.1) is 0 Å². The number of ether oxygens (including phenoxy) is 2. The highest BCUT2D eigenvalue weighted by molar-refractivity contribution is 5.91. The van der Waals surface area contributed by atoms with Crippen LogP contribution in [0.5, 0.6) is 11.5 Å². The third-order valence-corrected chi connectivity index (χ3v) is 2.87. The number of rotatable bonds is 6. The van der Waals surface area contributed by atoms with Crippen LogP contribution in [-0.2, 0) is 0 Å². The molecule has 0 heterocycles. The summed E-state index contributed by atoms with van der Waals surface area (Å²) in [7, 11) is 0. The smallest absolute Gasteiger partial charge is 0.343 e. The van der Waals surface area contributed by atoms with Gasteiger partial charge >= 0.3 is 12.0 Å². The van der Waals surface area contributed by atoms with Gasteiger partial charge in [0.05, 0.1) is 18.4 Å². The maximum absolute atomic E-state index is 12.1. The van der Waals surface area contributed by atoms with Crippen molar-refractivity contribution in [3.63, 3.8) is 0 Å². The van der Waals surface area contributed by atoms with Gasteiger partial charge in [-0.15, -0.1) is 0 Å². The number of nitrogens with two attached hydrogens (primary N) is 1. The highest BCUT2D eigenvalue weighted by Gasteiger charge is 2.12. The highest BCUT2D eigenvalue weighted by atomic mass is 16.6. The fraction of sp³-hybridized carbons (Fsp3) is 0.118. The molecule has 0 saturated heterocycles. The lowest BCUT2D eigenvalue weighted by Crippen LogP contribution is -2.24. The minimum Gasteiger partial charge on any atom is -0.490 e. The Morgan fingerprint density at radius 1 is 1.17 bits per heavy atom. The summed E-state index contributed by atoms with van der Waals surface area (Å²) in [6, 6.07) is 12.8. The van der Waals surface area contributed by atoms with Crippen molar-refractivity contribution >= 4 is 18.2 Å². The molecule has 24 heavy (non-hydrogen) atoms. The van der Waals surface area contributed by atoms with E-state index in [4.69, 9.17) is 15.2 Å². The Bertz CT molecular complexity index is 745. The lowest BCUT2D eigenvalue weighted by atomic mass is 10.2. The van der Waals surface area contributed by atoms with Gasteiger partial charge in [-0.2, -0.15) is 5.10 Å². The number of esters is 1. The molecule has 3 N–H and O–H groups in total. The third-order valence-electron chi connectivity index (χ3n) is 2.87. The second-order valence-electron chi connectivity index (χ2n) is 4.63. The maximum atomic E-state index is 12.1. The van der Waals surface area contributed by atoms with E-state index in [2.05, 4.69) is 10.5 Å². The molecular weight excluding hydrogens is 310 g/mol. The molecule has 124 valence electrons. The van der Waals surface area contributed by atoms with Gasteiger partial charge in [-0.05, 0) is 42.8 Å². The lowest BCUT2D eigenvalue weighted by molar-refractivity contribution is 0.0728. The van der Waals surface area contributed by atoms with E-state index in [1.54, 1.807) is 42.5 Å². The van der Waals surface area contributed by atoms with Crippen molar-refractivity contribution in [3.8, 4) is 11.5 Å². The van der Waals surface area contributed by atoms with Gasteiger partial charge in [-0.1, -0.05) is 18.2 Å². The van der Waals surface area contributed by atoms with E-state index >= 15 is 0 Å². The Kier molecular flexibility index (Phi) is 5.90. The molecule has 0 aliphatic heterocycles. The summed E-state index contributed by atoms with van der Waals surface area (Å²) in [6.45, 7) is 2.22. The van der Waals surface area contributed by atoms with Gasteiger partial charge in [0.2, 0.25) is 0 Å². The number of amides is 2. The number of primary amides is 1. The topological polar surface area (TPSA) is 103 Å². The summed E-state index contributed by atoms with van der Waals surface area (Å²) in [6.07, 6.45) is 1.40. The van der Waals surface area contributed by atoms with Crippen LogP contribution in [0.3, 0.4) is 0 Å². The van der Waals surface area contributed by atoms with E-state index in [9.17, 15) is 9.59 Å². The van der Waals surface area contributed by atoms with E-state index in [0.29, 0.717) is 29.2 Å². The van der Waals surface area contributed by atoms with E-state index in [1.165, 1.54) is 6.21 Å². The molecule has 7 nitrogen and oxygen atoms in total. The van der Waals surface area contributed by atoms with Crippen LogP contribution in [-0.4, -0.2) is 24.8 Å². The number of hydrogen-bond acceptors (Lipinski definition) is 5. The van der Waals surface area contributed by atoms with Gasteiger partial charge < -0.3 is 15.2 Å². The fourth-order valence-corrected chi connectivity index (χ4v) is 1.86. The average Bonchev–Trinajstić information content (AvgIpc) is 2.57. The zero-order valence-electron chi connectivity index (χ0n) is 13.1. The summed E-state index contributed by atoms with van der Waals surface area (Å²) in [5.41, 5.74) is 8.10. The molecule has 2 rings (SSSR count). The van der Waals surface area contributed by atoms with Crippen molar-refractivity contribution in [2.75, 3.05) is 6.61 Å². The van der Waals surface area contributed by atoms with Crippen LogP contribution in [0.25, 0.3) is 0 Å². The molecule has 0 atom stereocenters. The molecule has 0 fully saturated rings. The standard InChI is InChI=1S/C17H17N3O4/c1-2-23-15-10-12(11-19-20-17(18)22)8-9-14(15)24-16(21)13-6-4-3-5-7-13/h3-11H,2H2,1H3,(H3,18,20,22)/b19-11+. The van der Waals surface area contributed by atoms with Crippen molar-refractivity contribution < 1.29 is 19.1 Å². The van der Waals surface area contributed by atoms with Gasteiger partial charge in [0.1, 0.15) is 0 Å². The molecule has 0 radical (unpaired) electrons. The van der Waals surface area contributed by atoms with Crippen LogP contribution in [0.4, 0.5) is 4.79 Å². The zero-order chi connectivity index (χ0) is 17.4. The second kappa shape index (κ2) is 8.33. The Labute approximate surface area is 139 Å². The Morgan fingerprint density at radius 3 is 2.58 bits per heavy atom. The molecule has 2 aromatic carbocycles. The predicted molar refractivity (Wildman–Crippen MR) is 89.3 cm³/mol. The largest absolute Gasteiger partial charge is 0.490 e. The highest BCUT2D eigenvalue weighted by Crippen LogP contribution is 2.28. The molecule has 0 unspecified atom stereocenters. The molecule has 2 aromatic rings. The molecule has 0 spiro atoms. The monoisotopic (exact) mass is 327 g/mol. The van der Waals surface area contributed by atoms with Crippen molar-refractivity contribution in [2.45, 2.75) is 6.92 Å². The molecule has 0 aliphatic rings. The summed E-state index contributed by atoms with van der Waals surface area (Å²) in [4.78, 5) is 22.7. The summed E-state index contributed by atoms with van der Waals surface area (Å²) in [5.74, 6) is 0.212. The fourth-order valence-electron chi connectivity index (χ4n) is 1.86. The zero-order valence-corrected chi connectivity index (χ0v) is 13.1. The SMILES string of the molecule is CCOc1cc(/C=N/NC(N)=O)ccc1OC(=O)c1ccccc1. The Morgan fingerprint density at radius 2 is 1.92 bits per heavy atom. The minimum absolute atomic E-state index is 0.297. The number of urea groups is 1. The molecule has 0 bridgehead atoms. The van der Waals surface area contributed by atoms with Crippen molar-refractivity contribution in [1.82, 2.24) is 5.43 Å². The predicted octanol–water partition coefficient (Wildman–Crippen LogP) is 2.31. The van der Waals surface area contributed by atoms with Crippen molar-refractivity contribution in [3.05, 3.63) is 59.7 Å². The van der Waals surface area contributed by atoms with Crippen molar-refractivity contribution in [1.29, 1.82) is 0 Å². The average molecular weight is 327 g/mol.